The molecule has 7 heteroatoms. The Kier molecular flexibility index (Phi) is 7.47. The normalized spacial score (nSPS) is 10.6. The predicted molar refractivity (Wildman–Crippen MR) is 103 cm³/mol. The Morgan fingerprint density at radius 2 is 2.00 bits per heavy atom. The number of thioether (sulfide) groups is 1. The van der Waals surface area contributed by atoms with Crippen LogP contribution in [0.4, 0.5) is 5.69 Å². The van der Waals surface area contributed by atoms with Gasteiger partial charge in [-0.2, -0.15) is 11.8 Å². The highest BCUT2D eigenvalue weighted by Gasteiger charge is 2.10. The molecular weight excluding hydrogens is 352 g/mol. The zero-order valence-corrected chi connectivity index (χ0v) is 15.6. The standard InChI is InChI=1S/C19H22N2O4S/c1-13(2)25-17-8-4-7-16(21-17)19(24)20-15-6-3-5-14(11-15)12-26-10-9-18(22)23/h3-8,11,13H,9-10,12H2,1-2H3,(H,20,24)(H,22,23). The first-order valence-electron chi connectivity index (χ1n) is 8.27. The van der Waals surface area contributed by atoms with Crippen LogP contribution in [0.1, 0.15) is 36.3 Å². The minimum absolute atomic E-state index is 0.0175. The molecule has 0 aliphatic rings. The van der Waals surface area contributed by atoms with E-state index in [2.05, 4.69) is 10.3 Å². The van der Waals surface area contributed by atoms with Crippen molar-refractivity contribution in [2.24, 2.45) is 0 Å². The van der Waals surface area contributed by atoms with Gasteiger partial charge in [-0.05, 0) is 37.6 Å². The number of aromatic nitrogens is 1. The summed E-state index contributed by atoms with van der Waals surface area (Å²) in [6, 6.07) is 12.6. The summed E-state index contributed by atoms with van der Waals surface area (Å²) in [5.74, 6) is 0.548. The second kappa shape index (κ2) is 9.82. The van der Waals surface area contributed by atoms with Gasteiger partial charge in [0, 0.05) is 23.3 Å². The van der Waals surface area contributed by atoms with Crippen LogP contribution in [0.15, 0.2) is 42.5 Å². The van der Waals surface area contributed by atoms with Crippen LogP contribution in [-0.2, 0) is 10.5 Å². The molecule has 0 saturated carbocycles. The molecule has 0 bridgehead atoms. The fraction of sp³-hybridized carbons (Fsp3) is 0.316. The van der Waals surface area contributed by atoms with E-state index >= 15 is 0 Å². The lowest BCUT2D eigenvalue weighted by molar-refractivity contribution is -0.136. The molecule has 26 heavy (non-hydrogen) atoms. The maximum absolute atomic E-state index is 12.4. The summed E-state index contributed by atoms with van der Waals surface area (Å²) in [6.45, 7) is 3.79. The Labute approximate surface area is 157 Å². The monoisotopic (exact) mass is 374 g/mol. The van der Waals surface area contributed by atoms with Crippen LogP contribution in [0, 0.1) is 0 Å². The van der Waals surface area contributed by atoms with Gasteiger partial charge in [-0.25, -0.2) is 4.98 Å². The van der Waals surface area contributed by atoms with Gasteiger partial charge >= 0.3 is 5.97 Å². The van der Waals surface area contributed by atoms with Crippen LogP contribution >= 0.6 is 11.8 Å². The second-order valence-electron chi connectivity index (χ2n) is 5.88. The second-order valence-corrected chi connectivity index (χ2v) is 6.98. The van der Waals surface area contributed by atoms with Crippen molar-refractivity contribution >= 4 is 29.3 Å². The number of benzene rings is 1. The molecule has 2 aromatic rings. The average Bonchev–Trinajstić information content (AvgIpc) is 2.58. The number of carbonyl (C=O) groups excluding carboxylic acids is 1. The fourth-order valence-electron chi connectivity index (χ4n) is 2.13. The molecule has 1 aromatic heterocycles. The quantitative estimate of drug-likeness (QED) is 0.649. The molecule has 0 unspecified atom stereocenters. The first-order valence-corrected chi connectivity index (χ1v) is 9.43. The molecule has 0 fully saturated rings. The number of hydrogen-bond acceptors (Lipinski definition) is 5. The summed E-state index contributed by atoms with van der Waals surface area (Å²) in [6.07, 6.45) is 0.123. The molecule has 138 valence electrons. The highest BCUT2D eigenvalue weighted by atomic mass is 32.2. The summed E-state index contributed by atoms with van der Waals surface area (Å²) < 4.78 is 5.51. The van der Waals surface area contributed by atoms with E-state index in [1.165, 1.54) is 0 Å². The van der Waals surface area contributed by atoms with Crippen LogP contribution in [0.5, 0.6) is 5.88 Å². The van der Waals surface area contributed by atoms with Gasteiger partial charge in [-0.3, -0.25) is 9.59 Å². The Bertz CT molecular complexity index is 765. The van der Waals surface area contributed by atoms with Crippen LogP contribution in [-0.4, -0.2) is 33.8 Å². The smallest absolute Gasteiger partial charge is 0.304 e. The van der Waals surface area contributed by atoms with Crippen LogP contribution in [0.2, 0.25) is 0 Å². The highest BCUT2D eigenvalue weighted by molar-refractivity contribution is 7.98. The lowest BCUT2D eigenvalue weighted by atomic mass is 10.2. The molecule has 1 heterocycles. The first-order chi connectivity index (χ1) is 12.4. The van der Waals surface area contributed by atoms with Crippen molar-refractivity contribution in [1.29, 1.82) is 0 Å². The number of rotatable bonds is 9. The van der Waals surface area contributed by atoms with Crippen molar-refractivity contribution in [3.63, 3.8) is 0 Å². The molecule has 0 aliphatic heterocycles. The number of nitrogens with zero attached hydrogens (tertiary/aromatic N) is 1. The predicted octanol–water partition coefficient (Wildman–Crippen LogP) is 3.83. The van der Waals surface area contributed by atoms with Crippen molar-refractivity contribution in [3.8, 4) is 5.88 Å². The van der Waals surface area contributed by atoms with Crippen molar-refractivity contribution < 1.29 is 19.4 Å². The number of carboxylic acid groups (broad SMARTS) is 1. The number of amides is 1. The maximum atomic E-state index is 12.4. The Morgan fingerprint density at radius 3 is 2.73 bits per heavy atom. The summed E-state index contributed by atoms with van der Waals surface area (Å²) in [5.41, 5.74) is 1.97. The van der Waals surface area contributed by atoms with Gasteiger partial charge in [0.1, 0.15) is 5.69 Å². The van der Waals surface area contributed by atoms with Crippen LogP contribution < -0.4 is 10.1 Å². The van der Waals surface area contributed by atoms with Crippen molar-refractivity contribution in [2.45, 2.75) is 32.1 Å². The third-order valence-corrected chi connectivity index (χ3v) is 4.26. The van der Waals surface area contributed by atoms with Gasteiger partial charge in [0.15, 0.2) is 0 Å². The summed E-state index contributed by atoms with van der Waals surface area (Å²) >= 11 is 1.54. The molecule has 0 radical (unpaired) electrons. The molecule has 0 saturated heterocycles. The highest BCUT2D eigenvalue weighted by Crippen LogP contribution is 2.18. The molecule has 1 aromatic carbocycles. The van der Waals surface area contributed by atoms with E-state index in [-0.39, 0.29) is 24.1 Å². The molecule has 2 rings (SSSR count). The minimum atomic E-state index is -0.797. The van der Waals surface area contributed by atoms with Gasteiger partial charge < -0.3 is 15.2 Å². The van der Waals surface area contributed by atoms with Gasteiger partial charge in [-0.15, -0.1) is 0 Å². The number of carboxylic acids is 1. The third-order valence-electron chi connectivity index (χ3n) is 3.23. The van der Waals surface area contributed by atoms with Gasteiger partial charge in [-0.1, -0.05) is 18.2 Å². The van der Waals surface area contributed by atoms with E-state index in [1.807, 2.05) is 32.0 Å². The first kappa shape index (κ1) is 19.8. The van der Waals surface area contributed by atoms with E-state index in [0.717, 1.165) is 5.56 Å². The summed E-state index contributed by atoms with van der Waals surface area (Å²) in [4.78, 5) is 27.1. The minimum Gasteiger partial charge on any atom is -0.481 e. The molecule has 0 aliphatic carbocycles. The van der Waals surface area contributed by atoms with Crippen molar-refractivity contribution in [3.05, 3.63) is 53.7 Å². The number of nitrogens with one attached hydrogen (secondary N) is 1. The zero-order valence-electron chi connectivity index (χ0n) is 14.8. The third kappa shape index (κ3) is 6.76. The molecule has 0 atom stereocenters. The number of hydrogen-bond donors (Lipinski definition) is 2. The maximum Gasteiger partial charge on any atom is 0.304 e. The Morgan fingerprint density at radius 1 is 1.23 bits per heavy atom. The number of aliphatic carboxylic acids is 1. The van der Waals surface area contributed by atoms with E-state index in [1.54, 1.807) is 36.0 Å². The average molecular weight is 374 g/mol. The fourth-order valence-corrected chi connectivity index (χ4v) is 3.01. The molecular formula is C19H22N2O4S. The molecule has 1 amide bonds. The number of carbonyl (C=O) groups is 2. The number of pyridine rings is 1. The zero-order chi connectivity index (χ0) is 18.9. The lowest BCUT2D eigenvalue weighted by Crippen LogP contribution is -2.15. The number of ether oxygens (including phenoxy) is 1. The van der Waals surface area contributed by atoms with E-state index < -0.39 is 5.97 Å². The molecule has 6 nitrogen and oxygen atoms in total. The van der Waals surface area contributed by atoms with E-state index in [9.17, 15) is 9.59 Å². The SMILES string of the molecule is CC(C)Oc1cccc(C(=O)Nc2cccc(CSCCC(=O)O)c2)n1. The molecule has 2 N–H and O–H groups in total. The van der Waals surface area contributed by atoms with Crippen molar-refractivity contribution in [1.82, 2.24) is 4.98 Å². The van der Waals surface area contributed by atoms with E-state index in [0.29, 0.717) is 23.1 Å². The Balaban J connectivity index is 1.96. The largest absolute Gasteiger partial charge is 0.481 e. The van der Waals surface area contributed by atoms with E-state index in [4.69, 9.17) is 9.84 Å². The Hall–Kier alpha value is -2.54. The van der Waals surface area contributed by atoms with Crippen LogP contribution in [0.25, 0.3) is 0 Å². The number of anilines is 1. The van der Waals surface area contributed by atoms with Gasteiger partial charge in [0.2, 0.25) is 5.88 Å². The lowest BCUT2D eigenvalue weighted by Gasteiger charge is -2.10. The van der Waals surface area contributed by atoms with Crippen LogP contribution in [0.3, 0.4) is 0 Å². The summed E-state index contributed by atoms with van der Waals surface area (Å²) in [5, 5.41) is 11.5. The van der Waals surface area contributed by atoms with Crippen molar-refractivity contribution in [2.75, 3.05) is 11.1 Å². The summed E-state index contributed by atoms with van der Waals surface area (Å²) in [7, 11) is 0. The topological polar surface area (TPSA) is 88.5 Å². The molecule has 0 spiro atoms. The van der Waals surface area contributed by atoms with Gasteiger partial charge in [0.05, 0.1) is 12.5 Å². The van der Waals surface area contributed by atoms with Gasteiger partial charge in [0.25, 0.3) is 5.91 Å².